The van der Waals surface area contributed by atoms with Gasteiger partial charge in [-0.15, -0.1) is 0 Å². The number of aromatic amines is 1. The molecule has 3 rings (SSSR count). The Morgan fingerprint density at radius 3 is 2.75 bits per heavy atom. The van der Waals surface area contributed by atoms with Crippen molar-refractivity contribution in [2.45, 2.75) is 45.7 Å². The number of aromatic nitrogens is 2. The van der Waals surface area contributed by atoms with E-state index in [1.807, 2.05) is 0 Å². The monoisotopic (exact) mass is 289 g/mol. The quantitative estimate of drug-likeness (QED) is 0.867. The maximum absolute atomic E-state index is 5.50. The van der Waals surface area contributed by atoms with Gasteiger partial charge >= 0.3 is 0 Å². The van der Waals surface area contributed by atoms with Gasteiger partial charge in [-0.05, 0) is 69.7 Å². The van der Waals surface area contributed by atoms with Gasteiger partial charge in [0.1, 0.15) is 0 Å². The fourth-order valence-corrected chi connectivity index (χ4v) is 3.47. The van der Waals surface area contributed by atoms with Gasteiger partial charge < -0.3 is 9.55 Å². The van der Waals surface area contributed by atoms with Gasteiger partial charge in [-0.25, -0.2) is 0 Å². The van der Waals surface area contributed by atoms with E-state index in [9.17, 15) is 0 Å². The van der Waals surface area contributed by atoms with E-state index in [1.54, 1.807) is 0 Å². The molecule has 0 bridgehead atoms. The zero-order valence-corrected chi connectivity index (χ0v) is 13.2. The molecule has 1 N–H and O–H groups in total. The predicted octanol–water partition coefficient (Wildman–Crippen LogP) is 3.88. The van der Waals surface area contributed by atoms with Gasteiger partial charge in [0.15, 0.2) is 4.77 Å². The summed E-state index contributed by atoms with van der Waals surface area (Å²) in [5.41, 5.74) is 3.66. The van der Waals surface area contributed by atoms with Crippen LogP contribution in [0.2, 0.25) is 0 Å². The molecule has 0 amide bonds. The van der Waals surface area contributed by atoms with E-state index in [4.69, 9.17) is 12.2 Å². The van der Waals surface area contributed by atoms with Crippen molar-refractivity contribution in [2.75, 3.05) is 13.1 Å². The summed E-state index contributed by atoms with van der Waals surface area (Å²) >= 11 is 5.50. The number of benzene rings is 1. The lowest BCUT2D eigenvalue weighted by Gasteiger charge is -2.32. The molecule has 1 unspecified atom stereocenters. The van der Waals surface area contributed by atoms with E-state index in [1.165, 1.54) is 43.4 Å². The highest BCUT2D eigenvalue weighted by Gasteiger charge is 2.18. The van der Waals surface area contributed by atoms with Gasteiger partial charge in [-0.3, -0.25) is 4.90 Å². The first-order valence-corrected chi connectivity index (χ1v) is 7.99. The second-order valence-corrected chi connectivity index (χ2v) is 6.39. The van der Waals surface area contributed by atoms with Crippen molar-refractivity contribution in [3.05, 3.63) is 28.5 Å². The first-order chi connectivity index (χ1) is 9.65. The van der Waals surface area contributed by atoms with Gasteiger partial charge in [0.25, 0.3) is 0 Å². The predicted molar refractivity (Wildman–Crippen MR) is 86.7 cm³/mol. The summed E-state index contributed by atoms with van der Waals surface area (Å²) in [6.45, 7) is 7.89. The van der Waals surface area contributed by atoms with Crippen LogP contribution in [0.5, 0.6) is 0 Å². The van der Waals surface area contributed by atoms with Crippen LogP contribution in [0, 0.1) is 11.7 Å². The topological polar surface area (TPSA) is 24.0 Å². The Morgan fingerprint density at radius 1 is 1.25 bits per heavy atom. The summed E-state index contributed by atoms with van der Waals surface area (Å²) in [5, 5.41) is 0. The number of aryl methyl sites for hydroxylation is 1. The molecule has 3 nitrogen and oxygen atoms in total. The van der Waals surface area contributed by atoms with Crippen molar-refractivity contribution >= 4 is 23.3 Å². The van der Waals surface area contributed by atoms with Crippen LogP contribution in [0.15, 0.2) is 18.2 Å². The molecule has 2 heterocycles. The summed E-state index contributed by atoms with van der Waals surface area (Å²) in [5.74, 6) is 0. The molecule has 0 radical (unpaired) electrons. The Morgan fingerprint density at radius 2 is 2.00 bits per heavy atom. The zero-order chi connectivity index (χ0) is 14.1. The third-order valence-corrected chi connectivity index (χ3v) is 4.71. The zero-order valence-electron chi connectivity index (χ0n) is 12.4. The molecule has 2 aromatic rings. The molecule has 1 aliphatic rings. The van der Waals surface area contributed by atoms with Crippen LogP contribution in [-0.2, 0) is 6.54 Å². The summed E-state index contributed by atoms with van der Waals surface area (Å²) in [4.78, 5) is 5.92. The number of nitrogens with one attached hydrogen (secondary N) is 1. The van der Waals surface area contributed by atoms with E-state index in [-0.39, 0.29) is 0 Å². The Balaban J connectivity index is 1.88. The summed E-state index contributed by atoms with van der Waals surface area (Å²) in [6, 6.07) is 7.03. The number of fused-ring (bicyclic) bond motifs is 1. The molecule has 0 spiro atoms. The molecule has 1 aromatic carbocycles. The lowest BCUT2D eigenvalue weighted by molar-refractivity contribution is 0.160. The normalized spacial score (nSPS) is 18.5. The minimum atomic E-state index is 0.543. The van der Waals surface area contributed by atoms with Gasteiger partial charge in [-0.1, -0.05) is 12.5 Å². The van der Waals surface area contributed by atoms with Gasteiger partial charge in [-0.2, -0.15) is 0 Å². The number of piperidine rings is 1. The second kappa shape index (κ2) is 5.70. The van der Waals surface area contributed by atoms with Crippen molar-refractivity contribution in [2.24, 2.45) is 0 Å². The molecule has 1 saturated heterocycles. The minimum absolute atomic E-state index is 0.543. The van der Waals surface area contributed by atoms with Gasteiger partial charge in [0.05, 0.1) is 11.0 Å². The number of rotatable bonds is 3. The SMILES string of the molecule is Cc1ccc2[nH]c(=S)n(CC(C)N3CCCCC3)c2c1. The van der Waals surface area contributed by atoms with Crippen LogP contribution in [0.25, 0.3) is 11.0 Å². The highest BCUT2D eigenvalue weighted by Crippen LogP contribution is 2.19. The van der Waals surface area contributed by atoms with Crippen LogP contribution in [0.4, 0.5) is 0 Å². The van der Waals surface area contributed by atoms with Crippen molar-refractivity contribution < 1.29 is 0 Å². The fraction of sp³-hybridized carbons (Fsp3) is 0.562. The van der Waals surface area contributed by atoms with E-state index in [0.717, 1.165) is 16.8 Å². The summed E-state index contributed by atoms with van der Waals surface area (Å²) in [6.07, 6.45) is 4.06. The first-order valence-electron chi connectivity index (χ1n) is 7.58. The Labute approximate surface area is 125 Å². The first kappa shape index (κ1) is 13.8. The van der Waals surface area contributed by atoms with Crippen molar-refractivity contribution in [1.29, 1.82) is 0 Å². The second-order valence-electron chi connectivity index (χ2n) is 6.01. The number of hydrogen-bond donors (Lipinski definition) is 1. The number of hydrogen-bond acceptors (Lipinski definition) is 2. The van der Waals surface area contributed by atoms with Crippen LogP contribution < -0.4 is 0 Å². The molecule has 0 saturated carbocycles. The maximum atomic E-state index is 5.50. The van der Waals surface area contributed by atoms with E-state index >= 15 is 0 Å². The van der Waals surface area contributed by atoms with Crippen LogP contribution in [0.1, 0.15) is 31.7 Å². The van der Waals surface area contributed by atoms with E-state index < -0.39 is 0 Å². The third kappa shape index (κ3) is 2.67. The molecule has 1 aromatic heterocycles. The molecule has 4 heteroatoms. The van der Waals surface area contributed by atoms with Crippen LogP contribution in [-0.4, -0.2) is 33.6 Å². The summed E-state index contributed by atoms with van der Waals surface area (Å²) in [7, 11) is 0. The highest BCUT2D eigenvalue weighted by atomic mass is 32.1. The average molecular weight is 289 g/mol. The van der Waals surface area contributed by atoms with Gasteiger partial charge in [0.2, 0.25) is 0 Å². The average Bonchev–Trinajstić information content (AvgIpc) is 2.76. The van der Waals surface area contributed by atoms with Crippen molar-refractivity contribution in [1.82, 2.24) is 14.5 Å². The standard InChI is InChI=1S/C16H23N3S/c1-12-6-7-14-15(10-12)19(16(20)17-14)11-13(2)18-8-4-3-5-9-18/h6-7,10,13H,3-5,8-9,11H2,1-2H3,(H,17,20). The van der Waals surface area contributed by atoms with E-state index in [2.05, 4.69) is 46.5 Å². The highest BCUT2D eigenvalue weighted by molar-refractivity contribution is 7.71. The molecular formula is C16H23N3S. The summed E-state index contributed by atoms with van der Waals surface area (Å²) < 4.78 is 3.10. The lowest BCUT2D eigenvalue weighted by atomic mass is 10.1. The molecule has 1 atom stereocenters. The minimum Gasteiger partial charge on any atom is -0.331 e. The molecule has 108 valence electrons. The Kier molecular flexibility index (Phi) is 3.94. The molecule has 1 aliphatic heterocycles. The Bertz CT molecular complexity index is 649. The molecule has 20 heavy (non-hydrogen) atoms. The van der Waals surface area contributed by atoms with Gasteiger partial charge in [0, 0.05) is 12.6 Å². The van der Waals surface area contributed by atoms with Crippen molar-refractivity contribution in [3.63, 3.8) is 0 Å². The molecule has 1 fully saturated rings. The van der Waals surface area contributed by atoms with E-state index in [0.29, 0.717) is 6.04 Å². The number of likely N-dealkylation sites (tertiary alicyclic amines) is 1. The third-order valence-electron chi connectivity index (χ3n) is 4.39. The van der Waals surface area contributed by atoms with Crippen LogP contribution in [0.3, 0.4) is 0 Å². The van der Waals surface area contributed by atoms with Crippen molar-refractivity contribution in [3.8, 4) is 0 Å². The smallest absolute Gasteiger partial charge is 0.178 e. The lowest BCUT2D eigenvalue weighted by Crippen LogP contribution is -2.39. The largest absolute Gasteiger partial charge is 0.331 e. The van der Waals surface area contributed by atoms with Crippen LogP contribution >= 0.6 is 12.2 Å². The number of imidazole rings is 1. The number of H-pyrrole nitrogens is 1. The molecular weight excluding hydrogens is 266 g/mol. The maximum Gasteiger partial charge on any atom is 0.178 e. The fourth-order valence-electron chi connectivity index (χ4n) is 3.18. The molecule has 0 aliphatic carbocycles. The number of nitrogens with zero attached hydrogens (tertiary/aromatic N) is 2. The Hall–Kier alpha value is -1.13.